The minimum atomic E-state index is -1.09. The van der Waals surface area contributed by atoms with E-state index in [9.17, 15) is 14.7 Å². The predicted octanol–water partition coefficient (Wildman–Crippen LogP) is 3.18. The molecule has 11 heteroatoms. The number of hydrogen-bond acceptors (Lipinski definition) is 8. The normalized spacial score (nSPS) is 16.1. The molecule has 1 aromatic heterocycles. The van der Waals surface area contributed by atoms with E-state index in [0.29, 0.717) is 29.4 Å². The third-order valence-corrected chi connectivity index (χ3v) is 6.26. The highest BCUT2D eigenvalue weighted by Crippen LogP contribution is 2.35. The number of amides is 2. The van der Waals surface area contributed by atoms with Crippen molar-refractivity contribution in [3.05, 3.63) is 71.1 Å². The molecule has 0 saturated carbocycles. The van der Waals surface area contributed by atoms with Crippen molar-refractivity contribution in [1.29, 1.82) is 0 Å². The van der Waals surface area contributed by atoms with E-state index in [1.807, 2.05) is 31.3 Å². The van der Waals surface area contributed by atoms with Crippen LogP contribution >= 0.6 is 0 Å². The Balaban J connectivity index is 1.45. The van der Waals surface area contributed by atoms with Crippen LogP contribution in [0.1, 0.15) is 37.9 Å². The molecule has 1 aliphatic rings. The third kappa shape index (κ3) is 6.15. The Morgan fingerprint density at radius 1 is 1.21 bits per heavy atom. The SMILES string of the molecule is CCOc1cc([C@@H]2NC(=O)NC(C)=C2C(=O)OC)ccc1OC[C@@H](O)N/N=C/c1cn(CC)c2ccccc12. The quantitative estimate of drug-likeness (QED) is 0.128. The number of urea groups is 1. The number of fused-ring (bicyclic) bond motifs is 1. The second-order valence-electron chi connectivity index (χ2n) is 8.80. The van der Waals surface area contributed by atoms with Gasteiger partial charge in [-0.2, -0.15) is 5.10 Å². The molecule has 0 radical (unpaired) electrons. The van der Waals surface area contributed by atoms with Crippen LogP contribution in [0, 0.1) is 0 Å². The fraction of sp³-hybridized carbons (Fsp3) is 0.321. The zero-order valence-corrected chi connectivity index (χ0v) is 22.4. The van der Waals surface area contributed by atoms with Crippen LogP contribution in [0.3, 0.4) is 0 Å². The average Bonchev–Trinajstić information content (AvgIpc) is 3.29. The van der Waals surface area contributed by atoms with Crippen molar-refractivity contribution in [2.75, 3.05) is 20.3 Å². The number of aliphatic hydroxyl groups is 1. The molecule has 0 bridgehead atoms. The number of esters is 1. The van der Waals surface area contributed by atoms with Gasteiger partial charge in [-0.15, -0.1) is 0 Å². The van der Waals surface area contributed by atoms with Crippen molar-refractivity contribution in [2.45, 2.75) is 39.6 Å². The van der Waals surface area contributed by atoms with E-state index >= 15 is 0 Å². The number of hydrazone groups is 1. The molecule has 2 heterocycles. The number of aliphatic hydroxyl groups excluding tert-OH is 1. The van der Waals surface area contributed by atoms with Crippen molar-refractivity contribution in [3.8, 4) is 11.5 Å². The van der Waals surface area contributed by atoms with Gasteiger partial charge in [-0.05, 0) is 44.5 Å². The number of allylic oxidation sites excluding steroid dienone is 1. The number of aryl methyl sites for hydroxylation is 1. The monoisotopic (exact) mass is 535 g/mol. The van der Waals surface area contributed by atoms with Crippen molar-refractivity contribution < 1.29 is 28.9 Å². The molecule has 2 aromatic carbocycles. The first-order chi connectivity index (χ1) is 18.9. The number of para-hydroxylation sites is 1. The van der Waals surface area contributed by atoms with Gasteiger partial charge in [0.25, 0.3) is 0 Å². The molecule has 0 fully saturated rings. The summed E-state index contributed by atoms with van der Waals surface area (Å²) >= 11 is 0. The maximum atomic E-state index is 12.4. The van der Waals surface area contributed by atoms with Gasteiger partial charge in [0.1, 0.15) is 6.61 Å². The van der Waals surface area contributed by atoms with Crippen LogP contribution in [0.2, 0.25) is 0 Å². The first-order valence-corrected chi connectivity index (χ1v) is 12.7. The molecule has 1 aliphatic heterocycles. The molecular weight excluding hydrogens is 502 g/mol. The number of ether oxygens (including phenoxy) is 3. The van der Waals surface area contributed by atoms with E-state index in [2.05, 4.69) is 38.7 Å². The summed E-state index contributed by atoms with van der Waals surface area (Å²) in [6.07, 6.45) is 2.59. The van der Waals surface area contributed by atoms with Gasteiger partial charge in [0.15, 0.2) is 17.7 Å². The number of rotatable bonds is 11. The molecule has 206 valence electrons. The van der Waals surface area contributed by atoms with Gasteiger partial charge in [0.2, 0.25) is 0 Å². The van der Waals surface area contributed by atoms with E-state index in [0.717, 1.165) is 23.0 Å². The maximum Gasteiger partial charge on any atom is 0.337 e. The maximum absolute atomic E-state index is 12.4. The molecule has 0 aliphatic carbocycles. The van der Waals surface area contributed by atoms with Crippen molar-refractivity contribution in [2.24, 2.45) is 5.10 Å². The summed E-state index contributed by atoms with van der Waals surface area (Å²) in [5, 5.41) is 21.0. The second-order valence-corrected chi connectivity index (χ2v) is 8.80. The van der Waals surface area contributed by atoms with Crippen LogP contribution in [0.15, 0.2) is 65.0 Å². The number of nitrogens with zero attached hydrogens (tertiary/aromatic N) is 2. The zero-order valence-electron chi connectivity index (χ0n) is 22.4. The Labute approximate surface area is 226 Å². The largest absolute Gasteiger partial charge is 0.490 e. The van der Waals surface area contributed by atoms with E-state index in [1.165, 1.54) is 7.11 Å². The molecule has 0 spiro atoms. The van der Waals surface area contributed by atoms with E-state index in [4.69, 9.17) is 14.2 Å². The number of carbonyl (C=O) groups is 2. The number of methoxy groups -OCH3 is 1. The van der Waals surface area contributed by atoms with E-state index < -0.39 is 24.3 Å². The molecule has 4 N–H and O–H groups in total. The van der Waals surface area contributed by atoms with Crippen LogP contribution in [-0.2, 0) is 16.1 Å². The molecule has 2 atom stereocenters. The van der Waals surface area contributed by atoms with E-state index in [1.54, 1.807) is 31.3 Å². The zero-order chi connectivity index (χ0) is 27.9. The number of nitrogens with one attached hydrogen (secondary N) is 3. The Morgan fingerprint density at radius 2 is 2.00 bits per heavy atom. The van der Waals surface area contributed by atoms with Crippen LogP contribution in [0.4, 0.5) is 4.79 Å². The van der Waals surface area contributed by atoms with E-state index in [-0.39, 0.29) is 12.2 Å². The Kier molecular flexibility index (Phi) is 8.72. The summed E-state index contributed by atoms with van der Waals surface area (Å²) in [6, 6.07) is 12.0. The van der Waals surface area contributed by atoms with Crippen LogP contribution in [0.25, 0.3) is 10.9 Å². The lowest BCUT2D eigenvalue weighted by Gasteiger charge is -2.28. The Morgan fingerprint density at radius 3 is 2.74 bits per heavy atom. The number of aromatic nitrogens is 1. The highest BCUT2D eigenvalue weighted by Gasteiger charge is 2.32. The molecule has 0 unspecified atom stereocenters. The standard InChI is InChI=1S/C28H33N5O6/c1-5-33-15-19(20-9-7-8-10-21(20)33)14-29-32-24(34)16-39-22-12-11-18(13-23(22)38-6-2)26-25(27(35)37-4)17(3)30-28(36)31-26/h7-15,24,26,32,34H,5-6,16H2,1-4H3,(H2,30,31,36)/b29-14+/t24-,26+/m1/s1. The first kappa shape index (κ1) is 27.5. The van der Waals surface area contributed by atoms with Gasteiger partial charge in [0, 0.05) is 34.9 Å². The van der Waals surface area contributed by atoms with Crippen LogP contribution in [-0.4, -0.2) is 54.4 Å². The summed E-state index contributed by atoms with van der Waals surface area (Å²) in [4.78, 5) is 24.5. The summed E-state index contributed by atoms with van der Waals surface area (Å²) in [6.45, 7) is 6.62. The summed E-state index contributed by atoms with van der Waals surface area (Å²) in [7, 11) is 1.28. The molecular formula is C28H33N5O6. The minimum absolute atomic E-state index is 0.107. The molecule has 0 saturated heterocycles. The van der Waals surface area contributed by atoms with Crippen molar-refractivity contribution >= 4 is 29.1 Å². The van der Waals surface area contributed by atoms with Gasteiger partial charge in [-0.3, -0.25) is 5.43 Å². The number of hydrogen-bond donors (Lipinski definition) is 4. The lowest BCUT2D eigenvalue weighted by atomic mass is 9.95. The average molecular weight is 536 g/mol. The lowest BCUT2D eigenvalue weighted by Crippen LogP contribution is -2.45. The van der Waals surface area contributed by atoms with Gasteiger partial charge in [-0.1, -0.05) is 24.3 Å². The number of carbonyl (C=O) groups excluding carboxylic acids is 2. The van der Waals surface area contributed by atoms with Crippen molar-refractivity contribution in [3.63, 3.8) is 0 Å². The summed E-state index contributed by atoms with van der Waals surface area (Å²) in [5.74, 6) is 0.224. The summed E-state index contributed by atoms with van der Waals surface area (Å²) < 4.78 is 18.6. The topological polar surface area (TPSA) is 135 Å². The fourth-order valence-corrected chi connectivity index (χ4v) is 4.45. The number of benzene rings is 2. The van der Waals surface area contributed by atoms with Gasteiger partial charge in [0.05, 0.1) is 31.5 Å². The van der Waals surface area contributed by atoms with Gasteiger partial charge >= 0.3 is 12.0 Å². The predicted molar refractivity (Wildman–Crippen MR) is 147 cm³/mol. The fourth-order valence-electron chi connectivity index (χ4n) is 4.45. The Bertz CT molecular complexity index is 1410. The highest BCUT2D eigenvalue weighted by molar-refractivity contribution is 5.99. The van der Waals surface area contributed by atoms with Gasteiger partial charge < -0.3 is 34.5 Å². The lowest BCUT2D eigenvalue weighted by molar-refractivity contribution is -0.136. The minimum Gasteiger partial charge on any atom is -0.490 e. The van der Waals surface area contributed by atoms with Crippen LogP contribution < -0.4 is 25.5 Å². The van der Waals surface area contributed by atoms with Crippen molar-refractivity contribution in [1.82, 2.24) is 20.6 Å². The third-order valence-electron chi connectivity index (χ3n) is 6.26. The first-order valence-electron chi connectivity index (χ1n) is 12.7. The smallest absolute Gasteiger partial charge is 0.337 e. The second kappa shape index (κ2) is 12.4. The molecule has 11 nitrogen and oxygen atoms in total. The van der Waals surface area contributed by atoms with Gasteiger partial charge in [-0.25, -0.2) is 9.59 Å². The molecule has 2 amide bonds. The highest BCUT2D eigenvalue weighted by atomic mass is 16.5. The molecule has 39 heavy (non-hydrogen) atoms. The summed E-state index contributed by atoms with van der Waals surface area (Å²) in [5.41, 5.74) is 6.03. The van der Waals surface area contributed by atoms with Crippen LogP contribution in [0.5, 0.6) is 11.5 Å². The molecule has 4 rings (SSSR count). The molecule has 3 aromatic rings. The Hall–Kier alpha value is -4.51.